The number of aliphatic hydroxyl groups excluding tert-OH is 1. The molecular formula is C31H45N9O2. The number of benzene rings is 1. The van der Waals surface area contributed by atoms with Gasteiger partial charge in [-0.2, -0.15) is 10.5 Å². The molecule has 2 fully saturated rings. The van der Waals surface area contributed by atoms with Gasteiger partial charge in [0.15, 0.2) is 5.82 Å². The molecule has 1 saturated heterocycles. The van der Waals surface area contributed by atoms with Crippen LogP contribution in [0.15, 0.2) is 30.5 Å². The van der Waals surface area contributed by atoms with Crippen molar-refractivity contribution in [3.05, 3.63) is 53.0 Å². The third-order valence-corrected chi connectivity index (χ3v) is 10.1. The molecule has 1 amide bonds. The molecule has 1 aliphatic heterocycles. The Labute approximate surface area is 248 Å². The number of tetrazole rings is 1. The van der Waals surface area contributed by atoms with Gasteiger partial charge < -0.3 is 20.6 Å². The van der Waals surface area contributed by atoms with Gasteiger partial charge in [0, 0.05) is 25.3 Å². The normalized spacial score (nSPS) is 28.6. The molecule has 2 aromatic rings. The van der Waals surface area contributed by atoms with E-state index in [1.807, 2.05) is 13.1 Å². The van der Waals surface area contributed by atoms with Crippen molar-refractivity contribution in [2.45, 2.75) is 82.0 Å². The molecule has 2 heterocycles. The van der Waals surface area contributed by atoms with Crippen LogP contribution in [0.1, 0.15) is 80.6 Å². The highest BCUT2D eigenvalue weighted by atomic mass is 16.3. The molecule has 5 N–H and O–H groups in total. The van der Waals surface area contributed by atoms with Crippen molar-refractivity contribution in [1.29, 1.82) is 5.26 Å². The predicted octanol–water partition coefficient (Wildman–Crippen LogP) is 2.29. The van der Waals surface area contributed by atoms with Crippen molar-refractivity contribution in [2.24, 2.45) is 17.8 Å². The average Bonchev–Trinajstić information content (AvgIpc) is 3.71. The summed E-state index contributed by atoms with van der Waals surface area (Å²) in [4.78, 5) is 14.8. The first kappa shape index (κ1) is 30.1. The van der Waals surface area contributed by atoms with Crippen molar-refractivity contribution in [3.63, 3.8) is 0 Å². The minimum atomic E-state index is -0.752. The van der Waals surface area contributed by atoms with E-state index in [0.29, 0.717) is 30.6 Å². The van der Waals surface area contributed by atoms with Crippen LogP contribution in [0.25, 0.3) is 0 Å². The molecule has 226 valence electrons. The number of aliphatic hydroxyl groups is 1. The van der Waals surface area contributed by atoms with E-state index in [1.165, 1.54) is 11.1 Å². The SMILES string of the molecule is C=C(NC)C1CCC2C(CCc3cc(C(O)NC)ccc3C2(C[C@@H](C)NCC(=O)N2CCCC2C#N)c2nn[nH]n2)C1. The lowest BCUT2D eigenvalue weighted by molar-refractivity contribution is -0.130. The van der Waals surface area contributed by atoms with Gasteiger partial charge >= 0.3 is 0 Å². The molecule has 7 atom stereocenters. The van der Waals surface area contributed by atoms with Gasteiger partial charge in [0.1, 0.15) is 12.3 Å². The van der Waals surface area contributed by atoms with Gasteiger partial charge in [-0.15, -0.1) is 10.2 Å². The smallest absolute Gasteiger partial charge is 0.237 e. The number of amides is 1. The minimum absolute atomic E-state index is 0.0320. The number of fused-ring (bicyclic) bond motifs is 2. The molecule has 42 heavy (non-hydrogen) atoms. The highest BCUT2D eigenvalue weighted by Gasteiger charge is 2.53. The first-order chi connectivity index (χ1) is 20.3. The largest absolute Gasteiger partial charge is 0.392 e. The monoisotopic (exact) mass is 575 g/mol. The van der Waals surface area contributed by atoms with Crippen molar-refractivity contribution >= 4 is 5.91 Å². The highest BCUT2D eigenvalue weighted by Crippen LogP contribution is 2.55. The van der Waals surface area contributed by atoms with Crippen molar-refractivity contribution < 1.29 is 9.90 Å². The van der Waals surface area contributed by atoms with E-state index < -0.39 is 11.6 Å². The Morgan fingerprint density at radius 3 is 2.86 bits per heavy atom. The zero-order valence-electron chi connectivity index (χ0n) is 25.1. The molecule has 3 aliphatic rings. The number of carbonyl (C=O) groups is 1. The number of hydrogen-bond donors (Lipinski definition) is 5. The zero-order chi connectivity index (χ0) is 29.9. The fourth-order valence-corrected chi connectivity index (χ4v) is 7.99. The molecule has 1 saturated carbocycles. The molecule has 2 aliphatic carbocycles. The van der Waals surface area contributed by atoms with Crippen LogP contribution in [-0.4, -0.2) is 75.8 Å². The summed E-state index contributed by atoms with van der Waals surface area (Å²) in [5.74, 6) is 1.72. The number of aromatic nitrogens is 4. The van der Waals surface area contributed by atoms with E-state index in [9.17, 15) is 15.2 Å². The number of hydrogen-bond acceptors (Lipinski definition) is 9. The van der Waals surface area contributed by atoms with E-state index >= 15 is 0 Å². The number of carbonyl (C=O) groups excluding carboxylic acids is 1. The fraction of sp³-hybridized carbons (Fsp3) is 0.645. The van der Waals surface area contributed by atoms with E-state index in [2.05, 4.69) is 68.3 Å². The van der Waals surface area contributed by atoms with Gasteiger partial charge in [-0.05, 0) is 99.8 Å². The van der Waals surface area contributed by atoms with Crippen molar-refractivity contribution in [2.75, 3.05) is 27.2 Å². The second kappa shape index (κ2) is 12.9. The number of allylic oxidation sites excluding steroid dienone is 1. The van der Waals surface area contributed by atoms with Gasteiger partial charge in [0.2, 0.25) is 5.91 Å². The maximum absolute atomic E-state index is 13.1. The van der Waals surface area contributed by atoms with Gasteiger partial charge in [-0.3, -0.25) is 10.1 Å². The molecule has 0 bridgehead atoms. The second-order valence-corrected chi connectivity index (χ2v) is 12.4. The first-order valence-electron chi connectivity index (χ1n) is 15.3. The summed E-state index contributed by atoms with van der Waals surface area (Å²) < 4.78 is 0. The summed E-state index contributed by atoms with van der Waals surface area (Å²) in [6.45, 7) is 7.24. The average molecular weight is 576 g/mol. The number of nitrogens with one attached hydrogen (secondary N) is 4. The maximum atomic E-state index is 13.1. The summed E-state index contributed by atoms with van der Waals surface area (Å²) in [5, 5.41) is 45.9. The zero-order valence-corrected chi connectivity index (χ0v) is 25.1. The number of nitriles is 1. The molecule has 0 radical (unpaired) electrons. The molecule has 5 rings (SSSR count). The van der Waals surface area contributed by atoms with Crippen LogP contribution in [0.5, 0.6) is 0 Å². The first-order valence-corrected chi connectivity index (χ1v) is 15.3. The Morgan fingerprint density at radius 1 is 1.31 bits per heavy atom. The molecule has 1 aromatic carbocycles. The van der Waals surface area contributed by atoms with Crippen LogP contribution in [-0.2, 0) is 16.6 Å². The fourth-order valence-electron chi connectivity index (χ4n) is 7.99. The molecule has 0 spiro atoms. The van der Waals surface area contributed by atoms with Crippen LogP contribution in [0.4, 0.5) is 0 Å². The Bertz CT molecular complexity index is 1290. The van der Waals surface area contributed by atoms with E-state index in [-0.39, 0.29) is 30.5 Å². The van der Waals surface area contributed by atoms with Gasteiger partial charge in [-0.1, -0.05) is 30.0 Å². The van der Waals surface area contributed by atoms with Gasteiger partial charge in [0.25, 0.3) is 0 Å². The summed E-state index contributed by atoms with van der Waals surface area (Å²) >= 11 is 0. The van der Waals surface area contributed by atoms with E-state index in [0.717, 1.165) is 56.2 Å². The molecular weight excluding hydrogens is 530 g/mol. The quantitative estimate of drug-likeness (QED) is 0.268. The summed E-state index contributed by atoms with van der Waals surface area (Å²) in [7, 11) is 3.70. The number of H-pyrrole nitrogens is 1. The third-order valence-electron chi connectivity index (χ3n) is 10.1. The van der Waals surface area contributed by atoms with Crippen molar-refractivity contribution in [3.8, 4) is 6.07 Å². The van der Waals surface area contributed by atoms with E-state index in [4.69, 9.17) is 0 Å². The predicted molar refractivity (Wildman–Crippen MR) is 159 cm³/mol. The molecule has 1 aromatic heterocycles. The lowest BCUT2D eigenvalue weighted by Crippen LogP contribution is -2.49. The third kappa shape index (κ3) is 5.68. The van der Waals surface area contributed by atoms with Crippen LogP contribution in [0.2, 0.25) is 0 Å². The van der Waals surface area contributed by atoms with Crippen molar-refractivity contribution in [1.82, 2.24) is 41.5 Å². The standard InChI is InChI=1S/C31H45N9O2/c1-19(35-18-28(41)40-13-5-6-25(40)17-32)16-31(30-36-38-39-37-30)26-11-9-21(20(2)33-3)14-22(26)7-8-23-15-24(29(42)34-4)10-12-27(23)31/h10,12,15,19,21-22,25-26,29,33-35,42H,2,5-9,11,13-14,16,18H2,1,3-4H3,(H,36,37,38,39)/t19-,21?,22?,25?,26?,29?,31?/m1/s1. The summed E-state index contributed by atoms with van der Waals surface area (Å²) in [6.07, 6.45) is 6.51. The Hall–Kier alpha value is -3.33. The minimum Gasteiger partial charge on any atom is -0.392 e. The molecule has 6 unspecified atom stereocenters. The second-order valence-electron chi connectivity index (χ2n) is 12.4. The number of aromatic amines is 1. The van der Waals surface area contributed by atoms with Crippen LogP contribution in [0.3, 0.4) is 0 Å². The van der Waals surface area contributed by atoms with Crippen LogP contribution in [0, 0.1) is 29.1 Å². The van der Waals surface area contributed by atoms with Gasteiger partial charge in [0.05, 0.1) is 18.0 Å². The lowest BCUT2D eigenvalue weighted by atomic mass is 9.57. The Kier molecular flexibility index (Phi) is 9.25. The van der Waals surface area contributed by atoms with E-state index in [1.54, 1.807) is 11.9 Å². The number of aryl methyl sites for hydroxylation is 1. The highest BCUT2D eigenvalue weighted by molar-refractivity contribution is 5.79. The number of nitrogens with zero attached hydrogens (tertiary/aromatic N) is 5. The Morgan fingerprint density at radius 2 is 2.14 bits per heavy atom. The summed E-state index contributed by atoms with van der Waals surface area (Å²) in [5.41, 5.74) is 3.75. The lowest BCUT2D eigenvalue weighted by Gasteiger charge is -2.47. The summed E-state index contributed by atoms with van der Waals surface area (Å²) in [6, 6.07) is 8.18. The number of rotatable bonds is 10. The molecule has 11 heteroatoms. The van der Waals surface area contributed by atoms with Crippen LogP contribution >= 0.6 is 0 Å². The Balaban J connectivity index is 1.51. The molecule has 11 nitrogen and oxygen atoms in total. The topological polar surface area (TPSA) is 155 Å². The number of likely N-dealkylation sites (tertiary alicyclic amines) is 1. The van der Waals surface area contributed by atoms with Crippen LogP contribution < -0.4 is 16.0 Å². The van der Waals surface area contributed by atoms with Gasteiger partial charge in [-0.25, -0.2) is 0 Å². The maximum Gasteiger partial charge on any atom is 0.237 e.